The molecule has 1 fully saturated rings. The maximum absolute atomic E-state index is 12.3. The van der Waals surface area contributed by atoms with Gasteiger partial charge in [0.25, 0.3) is 0 Å². The van der Waals surface area contributed by atoms with E-state index in [-0.39, 0.29) is 24.4 Å². The summed E-state index contributed by atoms with van der Waals surface area (Å²) in [6, 6.07) is 7.27. The Hall–Kier alpha value is -1.55. The molecule has 0 bridgehead atoms. The minimum atomic E-state index is -0.0554. The standard InChI is InChI=1S/C16H21ClN2O2/c1-3-4-8-15(20)18-11-16(21)19(10-12(18)2)14-7-5-6-13(17)9-14/h5-7,9,12H,3-4,8,10-11H2,1-2H3/t12-/m0/s1. The molecular formula is C16H21ClN2O2. The Morgan fingerprint density at radius 3 is 2.86 bits per heavy atom. The van der Waals surface area contributed by atoms with E-state index in [2.05, 4.69) is 6.92 Å². The van der Waals surface area contributed by atoms with Crippen molar-refractivity contribution in [1.82, 2.24) is 4.90 Å². The van der Waals surface area contributed by atoms with Crippen molar-refractivity contribution in [2.75, 3.05) is 18.0 Å². The van der Waals surface area contributed by atoms with Crippen LogP contribution in [0, 0.1) is 0 Å². The second kappa shape index (κ2) is 6.94. The Balaban J connectivity index is 2.08. The molecule has 5 heteroatoms. The number of rotatable bonds is 4. The third-order valence-corrected chi connectivity index (χ3v) is 4.01. The predicted octanol–water partition coefficient (Wildman–Crippen LogP) is 3.09. The van der Waals surface area contributed by atoms with Gasteiger partial charge in [-0.2, -0.15) is 0 Å². The molecule has 4 nitrogen and oxygen atoms in total. The summed E-state index contributed by atoms with van der Waals surface area (Å²) >= 11 is 5.98. The number of unbranched alkanes of at least 4 members (excludes halogenated alkanes) is 1. The van der Waals surface area contributed by atoms with Crippen LogP contribution in [0.4, 0.5) is 5.69 Å². The summed E-state index contributed by atoms with van der Waals surface area (Å²) in [5.41, 5.74) is 0.792. The van der Waals surface area contributed by atoms with Crippen molar-refractivity contribution in [1.29, 1.82) is 0 Å². The molecule has 2 amide bonds. The third kappa shape index (κ3) is 3.76. The third-order valence-electron chi connectivity index (χ3n) is 3.77. The van der Waals surface area contributed by atoms with E-state index in [1.54, 1.807) is 21.9 Å². The minimum absolute atomic E-state index is 0.0195. The van der Waals surface area contributed by atoms with E-state index >= 15 is 0 Å². The number of carbonyl (C=O) groups excluding carboxylic acids is 2. The van der Waals surface area contributed by atoms with Crippen molar-refractivity contribution in [2.45, 2.75) is 39.2 Å². The van der Waals surface area contributed by atoms with Gasteiger partial charge in [0.15, 0.2) is 0 Å². The van der Waals surface area contributed by atoms with Gasteiger partial charge in [0.2, 0.25) is 11.8 Å². The fraction of sp³-hybridized carbons (Fsp3) is 0.500. The maximum Gasteiger partial charge on any atom is 0.246 e. The zero-order chi connectivity index (χ0) is 15.4. The van der Waals surface area contributed by atoms with E-state index in [4.69, 9.17) is 11.6 Å². The lowest BCUT2D eigenvalue weighted by Gasteiger charge is -2.39. The number of nitrogens with zero attached hydrogens (tertiary/aromatic N) is 2. The smallest absolute Gasteiger partial charge is 0.246 e. The van der Waals surface area contributed by atoms with Gasteiger partial charge in [0.05, 0.1) is 0 Å². The van der Waals surface area contributed by atoms with Gasteiger partial charge in [-0.15, -0.1) is 0 Å². The molecule has 1 aromatic carbocycles. The van der Waals surface area contributed by atoms with Crippen LogP contribution >= 0.6 is 11.6 Å². The molecule has 2 rings (SSSR count). The summed E-state index contributed by atoms with van der Waals surface area (Å²) in [6.07, 6.45) is 2.37. The lowest BCUT2D eigenvalue weighted by atomic mass is 10.1. The first kappa shape index (κ1) is 15.8. The van der Waals surface area contributed by atoms with Gasteiger partial charge in [-0.05, 0) is 31.5 Å². The van der Waals surface area contributed by atoms with Crippen LogP contribution in [0.2, 0.25) is 5.02 Å². The lowest BCUT2D eigenvalue weighted by Crippen LogP contribution is -2.57. The zero-order valence-electron chi connectivity index (χ0n) is 12.5. The van der Waals surface area contributed by atoms with E-state index in [0.717, 1.165) is 18.5 Å². The number of halogens is 1. The maximum atomic E-state index is 12.3. The highest BCUT2D eigenvalue weighted by atomic mass is 35.5. The van der Waals surface area contributed by atoms with E-state index in [1.165, 1.54) is 0 Å². The summed E-state index contributed by atoms with van der Waals surface area (Å²) in [7, 11) is 0. The van der Waals surface area contributed by atoms with Gasteiger partial charge >= 0.3 is 0 Å². The Morgan fingerprint density at radius 2 is 2.19 bits per heavy atom. The molecule has 0 N–H and O–H groups in total. The average Bonchev–Trinajstić information content (AvgIpc) is 2.46. The first-order valence-electron chi connectivity index (χ1n) is 7.38. The molecule has 0 spiro atoms. The van der Waals surface area contributed by atoms with Crippen molar-refractivity contribution >= 4 is 29.1 Å². The van der Waals surface area contributed by atoms with Gasteiger partial charge in [0.1, 0.15) is 6.54 Å². The van der Waals surface area contributed by atoms with Crippen molar-refractivity contribution in [3.63, 3.8) is 0 Å². The first-order valence-corrected chi connectivity index (χ1v) is 7.76. The average molecular weight is 309 g/mol. The molecule has 21 heavy (non-hydrogen) atoms. The number of anilines is 1. The highest BCUT2D eigenvalue weighted by Gasteiger charge is 2.32. The molecule has 114 valence electrons. The van der Waals surface area contributed by atoms with Crippen LogP contribution in [-0.2, 0) is 9.59 Å². The molecule has 1 aliphatic heterocycles. The summed E-state index contributed by atoms with van der Waals surface area (Å²) in [5, 5.41) is 0.606. The van der Waals surface area contributed by atoms with Crippen LogP contribution < -0.4 is 4.90 Å². The normalized spacial score (nSPS) is 19.0. The predicted molar refractivity (Wildman–Crippen MR) is 84.5 cm³/mol. The van der Waals surface area contributed by atoms with E-state index in [0.29, 0.717) is 18.0 Å². The van der Waals surface area contributed by atoms with Gasteiger partial charge in [-0.1, -0.05) is 31.0 Å². The molecule has 1 saturated heterocycles. The van der Waals surface area contributed by atoms with Crippen molar-refractivity contribution in [2.24, 2.45) is 0 Å². The van der Waals surface area contributed by atoms with Crippen LogP contribution in [0.25, 0.3) is 0 Å². The number of benzene rings is 1. The minimum Gasteiger partial charge on any atom is -0.329 e. The molecule has 1 atom stereocenters. The number of hydrogen-bond donors (Lipinski definition) is 0. The van der Waals surface area contributed by atoms with Gasteiger partial charge < -0.3 is 9.80 Å². The molecule has 0 radical (unpaired) electrons. The lowest BCUT2D eigenvalue weighted by molar-refractivity contribution is -0.139. The summed E-state index contributed by atoms with van der Waals surface area (Å²) < 4.78 is 0. The highest BCUT2D eigenvalue weighted by molar-refractivity contribution is 6.30. The Labute approximate surface area is 130 Å². The van der Waals surface area contributed by atoms with Crippen LogP contribution in [0.3, 0.4) is 0 Å². The quantitative estimate of drug-likeness (QED) is 0.857. The van der Waals surface area contributed by atoms with E-state index < -0.39 is 0 Å². The van der Waals surface area contributed by atoms with Crippen LogP contribution in [0.15, 0.2) is 24.3 Å². The number of hydrogen-bond acceptors (Lipinski definition) is 2. The van der Waals surface area contributed by atoms with Crippen molar-refractivity contribution < 1.29 is 9.59 Å². The van der Waals surface area contributed by atoms with Crippen molar-refractivity contribution in [3.8, 4) is 0 Å². The molecule has 0 saturated carbocycles. The van der Waals surface area contributed by atoms with Crippen LogP contribution in [0.1, 0.15) is 33.1 Å². The Kier molecular flexibility index (Phi) is 5.23. The molecule has 1 aliphatic rings. The zero-order valence-corrected chi connectivity index (χ0v) is 13.3. The molecule has 0 unspecified atom stereocenters. The fourth-order valence-corrected chi connectivity index (χ4v) is 2.74. The molecule has 1 aromatic rings. The molecule has 0 aromatic heterocycles. The second-order valence-electron chi connectivity index (χ2n) is 5.46. The first-order chi connectivity index (χ1) is 10.0. The molecular weight excluding hydrogens is 288 g/mol. The monoisotopic (exact) mass is 308 g/mol. The van der Waals surface area contributed by atoms with Gasteiger partial charge in [-0.3, -0.25) is 9.59 Å². The fourth-order valence-electron chi connectivity index (χ4n) is 2.55. The summed E-state index contributed by atoms with van der Waals surface area (Å²) in [4.78, 5) is 27.9. The topological polar surface area (TPSA) is 40.6 Å². The highest BCUT2D eigenvalue weighted by Crippen LogP contribution is 2.23. The second-order valence-corrected chi connectivity index (χ2v) is 5.89. The van der Waals surface area contributed by atoms with Crippen molar-refractivity contribution in [3.05, 3.63) is 29.3 Å². The molecule has 0 aliphatic carbocycles. The number of amides is 2. The summed E-state index contributed by atoms with van der Waals surface area (Å²) in [6.45, 7) is 4.69. The number of piperazine rings is 1. The van der Waals surface area contributed by atoms with Crippen LogP contribution in [-0.4, -0.2) is 35.8 Å². The number of carbonyl (C=O) groups is 2. The van der Waals surface area contributed by atoms with Gasteiger partial charge in [-0.25, -0.2) is 0 Å². The largest absolute Gasteiger partial charge is 0.329 e. The van der Waals surface area contributed by atoms with E-state index in [9.17, 15) is 9.59 Å². The summed E-state index contributed by atoms with van der Waals surface area (Å²) in [5.74, 6) is 0.0173. The Morgan fingerprint density at radius 1 is 1.43 bits per heavy atom. The SMILES string of the molecule is CCCCC(=O)N1CC(=O)N(c2cccc(Cl)c2)C[C@@H]1C. The van der Waals surface area contributed by atoms with Gasteiger partial charge in [0, 0.05) is 29.7 Å². The Bertz CT molecular complexity index is 533. The van der Waals surface area contributed by atoms with Crippen LogP contribution in [0.5, 0.6) is 0 Å². The molecule has 1 heterocycles. The van der Waals surface area contributed by atoms with E-state index in [1.807, 2.05) is 19.1 Å².